The molecule has 1 aromatic carbocycles. The van der Waals surface area contributed by atoms with E-state index in [-0.39, 0.29) is 10.3 Å². The number of unbranched alkanes of at least 4 members (excludes halogenated alkanes) is 1. The molecule has 0 aliphatic carbocycles. The molecule has 0 unspecified atom stereocenters. The molecule has 1 nitrogen and oxygen atoms in total. The molecule has 0 bridgehead atoms. The number of rotatable bonds is 7. The summed E-state index contributed by atoms with van der Waals surface area (Å²) in [5.74, 6) is -0.0919. The van der Waals surface area contributed by atoms with Crippen molar-refractivity contribution in [2.45, 2.75) is 33.1 Å². The molecule has 1 rings (SSSR count). The predicted molar refractivity (Wildman–Crippen MR) is 74.7 cm³/mol. The Hall–Kier alpha value is -0.480. The monoisotopic (exact) mass is 319 g/mol. The molecule has 0 heterocycles. The van der Waals surface area contributed by atoms with Gasteiger partial charge in [0, 0.05) is 0 Å². The highest BCUT2D eigenvalue weighted by Gasteiger charge is 2.07. The van der Waals surface area contributed by atoms with Gasteiger partial charge in [0.1, 0.15) is 11.6 Å². The van der Waals surface area contributed by atoms with Gasteiger partial charge in [0.25, 0.3) is 0 Å². The second-order valence-corrected chi connectivity index (χ2v) is 5.77. The van der Waals surface area contributed by atoms with Gasteiger partial charge in [-0.3, -0.25) is 0 Å². The van der Waals surface area contributed by atoms with Crippen molar-refractivity contribution in [1.82, 2.24) is 5.32 Å². The number of halogens is 3. The van der Waals surface area contributed by atoms with Crippen LogP contribution in [0.15, 0.2) is 16.6 Å². The summed E-state index contributed by atoms with van der Waals surface area (Å²) in [5.41, 5.74) is 0.458. The van der Waals surface area contributed by atoms with Crippen LogP contribution in [0.2, 0.25) is 0 Å². The second-order valence-electron chi connectivity index (χ2n) is 4.91. The molecule has 0 saturated carbocycles. The molecule has 102 valence electrons. The quantitative estimate of drug-likeness (QED) is 0.583. The van der Waals surface area contributed by atoms with Crippen molar-refractivity contribution in [3.05, 3.63) is 33.8 Å². The van der Waals surface area contributed by atoms with Crippen LogP contribution in [0.4, 0.5) is 8.78 Å². The fourth-order valence-electron chi connectivity index (χ4n) is 1.71. The number of hydrogen-bond donors (Lipinski definition) is 1. The number of aryl methyl sites for hydroxylation is 1. The predicted octanol–water partition coefficient (Wildman–Crippen LogP) is 4.30. The Morgan fingerprint density at radius 2 is 1.89 bits per heavy atom. The van der Waals surface area contributed by atoms with Gasteiger partial charge in [-0.1, -0.05) is 13.8 Å². The second kappa shape index (κ2) is 7.85. The summed E-state index contributed by atoms with van der Waals surface area (Å²) >= 11 is 2.97. The third-order valence-corrected chi connectivity index (χ3v) is 3.30. The smallest absolute Gasteiger partial charge is 0.137 e. The van der Waals surface area contributed by atoms with E-state index < -0.39 is 5.82 Å². The zero-order chi connectivity index (χ0) is 13.5. The van der Waals surface area contributed by atoms with Crippen molar-refractivity contribution < 1.29 is 8.78 Å². The van der Waals surface area contributed by atoms with Crippen LogP contribution < -0.4 is 5.32 Å². The largest absolute Gasteiger partial charge is 0.316 e. The number of nitrogens with one attached hydrogen (secondary N) is 1. The van der Waals surface area contributed by atoms with Crippen LogP contribution in [-0.4, -0.2) is 13.1 Å². The average Bonchev–Trinajstić information content (AvgIpc) is 2.29. The Labute approximate surface area is 116 Å². The minimum Gasteiger partial charge on any atom is -0.316 e. The molecule has 0 amide bonds. The minimum atomic E-state index is -0.399. The van der Waals surface area contributed by atoms with Gasteiger partial charge in [0.2, 0.25) is 0 Å². The summed E-state index contributed by atoms with van der Waals surface area (Å²) in [6.07, 6.45) is 2.42. The van der Waals surface area contributed by atoms with Crippen molar-refractivity contribution in [3.63, 3.8) is 0 Å². The molecule has 0 aliphatic rings. The van der Waals surface area contributed by atoms with Gasteiger partial charge in [0.15, 0.2) is 0 Å². The van der Waals surface area contributed by atoms with Crippen molar-refractivity contribution in [1.29, 1.82) is 0 Å². The molecule has 0 atom stereocenters. The molecule has 0 radical (unpaired) electrons. The highest BCUT2D eigenvalue weighted by atomic mass is 79.9. The van der Waals surface area contributed by atoms with Gasteiger partial charge in [0.05, 0.1) is 4.47 Å². The van der Waals surface area contributed by atoms with Gasteiger partial charge in [-0.25, -0.2) is 8.78 Å². The van der Waals surface area contributed by atoms with E-state index in [1.54, 1.807) is 0 Å². The van der Waals surface area contributed by atoms with Gasteiger partial charge in [-0.2, -0.15) is 0 Å². The molecule has 0 fully saturated rings. The van der Waals surface area contributed by atoms with Crippen LogP contribution in [0, 0.1) is 17.6 Å². The average molecular weight is 320 g/mol. The fraction of sp³-hybridized carbons (Fsp3) is 0.571. The van der Waals surface area contributed by atoms with Crippen LogP contribution in [-0.2, 0) is 6.42 Å². The molecular formula is C14H20BrF2N. The summed E-state index contributed by atoms with van der Waals surface area (Å²) in [6, 6.07) is 2.47. The molecule has 0 spiro atoms. The minimum absolute atomic E-state index is 0.183. The first-order valence-corrected chi connectivity index (χ1v) is 7.14. The van der Waals surface area contributed by atoms with E-state index in [4.69, 9.17) is 0 Å². The highest BCUT2D eigenvalue weighted by molar-refractivity contribution is 9.10. The van der Waals surface area contributed by atoms with E-state index in [0.717, 1.165) is 25.9 Å². The van der Waals surface area contributed by atoms with Crippen LogP contribution in [0.25, 0.3) is 0 Å². The lowest BCUT2D eigenvalue weighted by Crippen LogP contribution is -2.20. The molecule has 0 aromatic heterocycles. The first-order valence-electron chi connectivity index (χ1n) is 6.35. The Morgan fingerprint density at radius 1 is 1.17 bits per heavy atom. The molecule has 0 aliphatic heterocycles. The lowest BCUT2D eigenvalue weighted by molar-refractivity contribution is 0.530. The lowest BCUT2D eigenvalue weighted by Gasteiger charge is -2.08. The summed E-state index contributed by atoms with van der Waals surface area (Å²) in [7, 11) is 0. The zero-order valence-corrected chi connectivity index (χ0v) is 12.5. The maximum absolute atomic E-state index is 13.5. The maximum atomic E-state index is 13.5. The summed E-state index contributed by atoms with van der Waals surface area (Å²) < 4.78 is 26.9. The summed E-state index contributed by atoms with van der Waals surface area (Å²) in [4.78, 5) is 0. The molecule has 18 heavy (non-hydrogen) atoms. The first-order chi connectivity index (χ1) is 8.50. The maximum Gasteiger partial charge on any atom is 0.137 e. The van der Waals surface area contributed by atoms with Gasteiger partial charge in [-0.05, 0) is 71.9 Å². The van der Waals surface area contributed by atoms with Crippen molar-refractivity contribution >= 4 is 15.9 Å². The normalized spacial score (nSPS) is 11.2. The topological polar surface area (TPSA) is 12.0 Å². The van der Waals surface area contributed by atoms with Crippen LogP contribution in [0.1, 0.15) is 32.3 Å². The number of hydrogen-bond acceptors (Lipinski definition) is 1. The Balaban J connectivity index is 2.29. The molecule has 4 heteroatoms. The fourth-order valence-corrected chi connectivity index (χ4v) is 2.03. The summed E-state index contributed by atoms with van der Waals surface area (Å²) in [5, 5.41) is 3.33. The lowest BCUT2D eigenvalue weighted by atomic mass is 10.1. The van der Waals surface area contributed by atoms with Crippen LogP contribution >= 0.6 is 15.9 Å². The van der Waals surface area contributed by atoms with E-state index in [2.05, 4.69) is 35.1 Å². The Bertz CT molecular complexity index is 380. The van der Waals surface area contributed by atoms with Gasteiger partial charge >= 0.3 is 0 Å². The zero-order valence-electron chi connectivity index (χ0n) is 10.9. The standard InChI is InChI=1S/C14H20BrF2N/c1-10(2)9-18-6-4-3-5-11-7-14(17)12(15)8-13(11)16/h7-8,10,18H,3-6,9H2,1-2H3. The van der Waals surface area contributed by atoms with Crippen molar-refractivity contribution in [3.8, 4) is 0 Å². The highest BCUT2D eigenvalue weighted by Crippen LogP contribution is 2.21. The van der Waals surface area contributed by atoms with Gasteiger partial charge in [-0.15, -0.1) is 0 Å². The van der Waals surface area contributed by atoms with E-state index in [0.29, 0.717) is 17.9 Å². The molecular weight excluding hydrogens is 300 g/mol. The molecule has 1 aromatic rings. The van der Waals surface area contributed by atoms with E-state index >= 15 is 0 Å². The van der Waals surface area contributed by atoms with Crippen LogP contribution in [0.5, 0.6) is 0 Å². The van der Waals surface area contributed by atoms with Crippen LogP contribution in [0.3, 0.4) is 0 Å². The first kappa shape index (κ1) is 15.6. The Morgan fingerprint density at radius 3 is 2.56 bits per heavy atom. The molecule has 0 saturated heterocycles. The Kier molecular flexibility index (Phi) is 6.79. The third kappa shape index (κ3) is 5.44. The summed E-state index contributed by atoms with van der Waals surface area (Å²) in [6.45, 7) is 6.25. The molecule has 1 N–H and O–H groups in total. The SMILES string of the molecule is CC(C)CNCCCCc1cc(F)c(Br)cc1F. The van der Waals surface area contributed by atoms with Crippen molar-refractivity contribution in [2.75, 3.05) is 13.1 Å². The van der Waals surface area contributed by atoms with E-state index in [1.165, 1.54) is 12.1 Å². The third-order valence-electron chi connectivity index (χ3n) is 2.69. The van der Waals surface area contributed by atoms with Gasteiger partial charge < -0.3 is 5.32 Å². The van der Waals surface area contributed by atoms with E-state index in [1.807, 2.05) is 0 Å². The van der Waals surface area contributed by atoms with Crippen molar-refractivity contribution in [2.24, 2.45) is 5.92 Å². The van der Waals surface area contributed by atoms with E-state index in [9.17, 15) is 8.78 Å². The number of benzene rings is 1.